The normalized spacial score (nSPS) is 16.2. The second kappa shape index (κ2) is 17.9. The lowest BCUT2D eigenvalue weighted by Crippen LogP contribution is -2.64. The van der Waals surface area contributed by atoms with Crippen LogP contribution in [0.15, 0.2) is 78.9 Å². The fraction of sp³-hybridized carbons (Fsp3) is 0.452. The van der Waals surface area contributed by atoms with Crippen molar-refractivity contribution in [1.82, 2.24) is 20.0 Å². The molecule has 4 atom stereocenters. The molecule has 0 aromatic heterocycles. The monoisotopic (exact) mass is 798 g/mol. The van der Waals surface area contributed by atoms with Crippen LogP contribution in [0.1, 0.15) is 75.6 Å². The Morgan fingerprint density at radius 1 is 0.857 bits per heavy atom. The number of carbonyl (C=O) groups is 5. The Labute approximate surface area is 331 Å². The largest absolute Gasteiger partial charge is 0.471 e. The van der Waals surface area contributed by atoms with Crippen molar-refractivity contribution >= 4 is 41.2 Å². The summed E-state index contributed by atoms with van der Waals surface area (Å²) in [4.78, 5) is 71.8. The zero-order valence-electron chi connectivity index (χ0n) is 32.8. The summed E-state index contributed by atoms with van der Waals surface area (Å²) in [5.74, 6) is -5.93. The highest BCUT2D eigenvalue weighted by Crippen LogP contribution is 2.44. The van der Waals surface area contributed by atoms with Crippen LogP contribution in [-0.4, -0.2) is 95.3 Å². The van der Waals surface area contributed by atoms with E-state index in [1.54, 1.807) is 67.3 Å². The van der Waals surface area contributed by atoms with Gasteiger partial charge in [0.15, 0.2) is 5.60 Å². The summed E-state index contributed by atoms with van der Waals surface area (Å²) in [5.41, 5.74) is -0.989. The predicted octanol–water partition coefficient (Wildman–Crippen LogP) is 6.65. The first-order valence-corrected chi connectivity index (χ1v) is 19.0. The number of nitrogens with one attached hydrogen (secondary N) is 1. The maximum atomic E-state index is 14.4. The first kappa shape index (κ1) is 43.8. The average Bonchev–Trinajstić information content (AvgIpc) is 3.71. The van der Waals surface area contributed by atoms with E-state index in [1.807, 2.05) is 37.3 Å². The Bertz CT molecular complexity index is 1890. The van der Waals surface area contributed by atoms with Gasteiger partial charge in [0.05, 0.1) is 6.42 Å². The second-order valence-electron chi connectivity index (χ2n) is 14.8. The molecule has 1 N–H and O–H groups in total. The highest BCUT2D eigenvalue weighted by molar-refractivity contribution is 6.31. The van der Waals surface area contributed by atoms with Crippen LogP contribution in [0.4, 0.5) is 13.2 Å². The third-order valence-electron chi connectivity index (χ3n) is 10.6. The predicted molar refractivity (Wildman–Crippen MR) is 206 cm³/mol. The third-order valence-corrected chi connectivity index (χ3v) is 11.0. The Morgan fingerprint density at radius 2 is 1.41 bits per heavy atom. The van der Waals surface area contributed by atoms with Gasteiger partial charge >= 0.3 is 18.1 Å². The molecule has 1 unspecified atom stereocenters. The van der Waals surface area contributed by atoms with Crippen molar-refractivity contribution in [3.05, 3.63) is 106 Å². The lowest BCUT2D eigenvalue weighted by Gasteiger charge is -2.42. The van der Waals surface area contributed by atoms with Gasteiger partial charge in [-0.1, -0.05) is 111 Å². The maximum Gasteiger partial charge on any atom is 0.471 e. The molecule has 0 bridgehead atoms. The molecule has 56 heavy (non-hydrogen) atoms. The molecule has 0 radical (unpaired) electrons. The lowest BCUT2D eigenvalue weighted by atomic mass is 9.79. The van der Waals surface area contributed by atoms with Gasteiger partial charge in [0, 0.05) is 48.9 Å². The number of nitrogens with zero attached hydrogens (tertiary/aromatic N) is 3. The summed E-state index contributed by atoms with van der Waals surface area (Å²) >= 11 is 6.84. The van der Waals surface area contributed by atoms with Crippen LogP contribution in [-0.2, 0) is 34.3 Å². The summed E-state index contributed by atoms with van der Waals surface area (Å²) < 4.78 is 46.9. The number of carbonyl (C=O) groups excluding carboxylic acids is 5. The van der Waals surface area contributed by atoms with Crippen LogP contribution in [0.5, 0.6) is 0 Å². The zero-order chi connectivity index (χ0) is 41.6. The van der Waals surface area contributed by atoms with E-state index in [0.717, 1.165) is 30.4 Å². The van der Waals surface area contributed by atoms with Crippen molar-refractivity contribution < 1.29 is 41.9 Å². The first-order valence-electron chi connectivity index (χ1n) is 18.6. The van der Waals surface area contributed by atoms with Crippen LogP contribution in [0.2, 0.25) is 5.02 Å². The van der Waals surface area contributed by atoms with Crippen LogP contribution >= 0.6 is 11.6 Å². The zero-order valence-corrected chi connectivity index (χ0v) is 33.5. The van der Waals surface area contributed by atoms with E-state index in [2.05, 4.69) is 5.32 Å². The van der Waals surface area contributed by atoms with Crippen molar-refractivity contribution in [3.8, 4) is 0 Å². The van der Waals surface area contributed by atoms with E-state index in [4.69, 9.17) is 16.3 Å². The van der Waals surface area contributed by atoms with Gasteiger partial charge in [0.1, 0.15) is 17.6 Å². The lowest BCUT2D eigenvalue weighted by molar-refractivity contribution is -0.191. The number of likely N-dealkylation sites (tertiary alicyclic amines) is 1. The number of amides is 4. The topological polar surface area (TPSA) is 116 Å². The van der Waals surface area contributed by atoms with Gasteiger partial charge in [-0.25, -0.2) is 0 Å². The average molecular weight is 799 g/mol. The van der Waals surface area contributed by atoms with Crippen LogP contribution < -0.4 is 5.32 Å². The van der Waals surface area contributed by atoms with Crippen molar-refractivity contribution in [2.75, 3.05) is 27.2 Å². The molecule has 0 spiro atoms. The minimum absolute atomic E-state index is 0.196. The number of hydrogen-bond donors (Lipinski definition) is 1. The summed E-state index contributed by atoms with van der Waals surface area (Å²) in [6.07, 6.45) is -4.60. The van der Waals surface area contributed by atoms with Gasteiger partial charge < -0.3 is 24.8 Å². The number of ether oxygens (including phenoxy) is 1. The Kier molecular flexibility index (Phi) is 14.0. The molecule has 1 fully saturated rings. The smallest absolute Gasteiger partial charge is 0.444 e. The highest BCUT2D eigenvalue weighted by Gasteiger charge is 2.51. The SMILES string of the molecule is CC[C@@](C)(C(=O)N(C)[C@H](C(=O)N[C@@H](CC(=O)OC(c1ccccc1)(c1ccc(C)cc1)c1ccccc1Cl)C(=O)N1CCCC1)C(C)C)N(C)C(=O)C(F)(F)F. The first-order chi connectivity index (χ1) is 26.3. The molecular formula is C42H50ClF3N4O6. The molecule has 14 heteroatoms. The maximum absolute atomic E-state index is 14.4. The molecule has 4 amide bonds. The molecule has 10 nitrogen and oxygen atoms in total. The standard InChI is InChI=1S/C42H50ClF3N4O6/c1-8-40(5,49(7)39(55)42(44,45)46)38(54)48(6)35(27(2)3)36(52)47-33(37(53)50-24-14-15-25-50)26-34(51)56-41(29-16-10-9-11-17-29,30-22-20-28(4)21-23-30)31-18-12-13-19-32(31)43/h9-13,16-23,27,33,35H,8,14-15,24-26H2,1-7H3,(H,47,52)/t33-,35-,40-,41?/m0/s1. The van der Waals surface area contributed by atoms with E-state index in [0.29, 0.717) is 39.7 Å². The van der Waals surface area contributed by atoms with Crippen LogP contribution in [0.25, 0.3) is 0 Å². The minimum Gasteiger partial charge on any atom is -0.444 e. The fourth-order valence-corrected chi connectivity index (χ4v) is 7.50. The third kappa shape index (κ3) is 9.20. The number of aryl methyl sites for hydroxylation is 1. The summed E-state index contributed by atoms with van der Waals surface area (Å²) in [6, 6.07) is 20.6. The van der Waals surface area contributed by atoms with Gasteiger partial charge in [0.25, 0.3) is 0 Å². The van der Waals surface area contributed by atoms with Crippen LogP contribution in [0.3, 0.4) is 0 Å². The number of alkyl halides is 3. The Balaban J connectivity index is 1.74. The van der Waals surface area contributed by atoms with E-state index >= 15 is 0 Å². The second-order valence-corrected chi connectivity index (χ2v) is 15.2. The molecule has 1 heterocycles. The molecule has 1 aliphatic rings. The Hall–Kier alpha value is -4.91. The van der Waals surface area contributed by atoms with E-state index in [-0.39, 0.29) is 6.42 Å². The molecule has 0 saturated carbocycles. The molecule has 0 aliphatic carbocycles. The van der Waals surface area contributed by atoms with E-state index < -0.39 is 71.3 Å². The van der Waals surface area contributed by atoms with Crippen LogP contribution in [0, 0.1) is 12.8 Å². The summed E-state index contributed by atoms with van der Waals surface area (Å²) in [6.45, 7) is 8.65. The van der Waals surface area contributed by atoms with Gasteiger partial charge in [-0.2, -0.15) is 13.2 Å². The molecule has 1 aliphatic heterocycles. The van der Waals surface area contributed by atoms with Crippen molar-refractivity contribution in [3.63, 3.8) is 0 Å². The minimum atomic E-state index is -5.24. The number of halogens is 4. The Morgan fingerprint density at radius 3 is 1.95 bits per heavy atom. The molecule has 1 saturated heterocycles. The van der Waals surface area contributed by atoms with Crippen molar-refractivity contribution in [1.29, 1.82) is 0 Å². The molecular weight excluding hydrogens is 749 g/mol. The molecule has 4 rings (SSSR count). The number of hydrogen-bond acceptors (Lipinski definition) is 6. The summed E-state index contributed by atoms with van der Waals surface area (Å²) in [7, 11) is 2.15. The molecule has 3 aromatic carbocycles. The fourth-order valence-electron chi connectivity index (χ4n) is 7.23. The van der Waals surface area contributed by atoms with Gasteiger partial charge in [-0.05, 0) is 45.1 Å². The van der Waals surface area contributed by atoms with Gasteiger partial charge in [0.2, 0.25) is 17.7 Å². The van der Waals surface area contributed by atoms with Crippen molar-refractivity contribution in [2.45, 2.75) is 89.7 Å². The number of benzene rings is 3. The molecule has 3 aromatic rings. The number of likely N-dealkylation sites (N-methyl/N-ethyl adjacent to an activating group) is 2. The highest BCUT2D eigenvalue weighted by atomic mass is 35.5. The van der Waals surface area contributed by atoms with E-state index in [1.165, 1.54) is 20.9 Å². The molecule has 302 valence electrons. The quantitative estimate of drug-likeness (QED) is 0.144. The van der Waals surface area contributed by atoms with E-state index in [9.17, 15) is 37.1 Å². The number of rotatable bonds is 14. The number of esters is 1. The summed E-state index contributed by atoms with van der Waals surface area (Å²) in [5, 5.41) is 3.02. The van der Waals surface area contributed by atoms with Gasteiger partial charge in [-0.3, -0.25) is 24.0 Å². The van der Waals surface area contributed by atoms with Gasteiger partial charge in [-0.15, -0.1) is 0 Å². The van der Waals surface area contributed by atoms with Crippen molar-refractivity contribution in [2.24, 2.45) is 5.92 Å².